The van der Waals surface area contributed by atoms with Crippen LogP contribution in [0.3, 0.4) is 0 Å². The van der Waals surface area contributed by atoms with Crippen LogP contribution in [-0.4, -0.2) is 53.2 Å². The van der Waals surface area contributed by atoms with Crippen LogP contribution in [0.5, 0.6) is 0 Å². The number of nitrogens with one attached hydrogen (secondary N) is 3. The van der Waals surface area contributed by atoms with Crippen molar-refractivity contribution in [2.24, 2.45) is 5.41 Å². The van der Waals surface area contributed by atoms with Crippen molar-refractivity contribution in [1.29, 1.82) is 5.41 Å². The molecule has 0 bridgehead atoms. The summed E-state index contributed by atoms with van der Waals surface area (Å²) in [6, 6.07) is 9.11. The van der Waals surface area contributed by atoms with Crippen molar-refractivity contribution >= 4 is 31.5 Å². The van der Waals surface area contributed by atoms with Gasteiger partial charge in [-0.25, -0.2) is 0 Å². The summed E-state index contributed by atoms with van der Waals surface area (Å²) < 4.78 is 5.65. The van der Waals surface area contributed by atoms with Crippen LogP contribution in [0.2, 0.25) is 25.7 Å². The number of rotatable bonds is 9. The molecule has 1 amide bonds. The maximum absolute atomic E-state index is 13.1. The summed E-state index contributed by atoms with van der Waals surface area (Å²) >= 11 is 0. The van der Waals surface area contributed by atoms with Gasteiger partial charge in [-0.2, -0.15) is 0 Å². The van der Waals surface area contributed by atoms with Crippen LogP contribution in [0, 0.1) is 10.8 Å². The molecule has 6 nitrogen and oxygen atoms in total. The van der Waals surface area contributed by atoms with E-state index in [0.29, 0.717) is 6.73 Å². The zero-order valence-electron chi connectivity index (χ0n) is 18.6. The van der Waals surface area contributed by atoms with Crippen LogP contribution < -0.4 is 15.5 Å². The van der Waals surface area contributed by atoms with E-state index in [4.69, 9.17) is 10.1 Å². The number of piperidine rings is 1. The number of hydrogen-bond acceptors (Lipinski definition) is 5. The molecule has 164 valence electrons. The van der Waals surface area contributed by atoms with Crippen molar-refractivity contribution in [3.8, 4) is 0 Å². The van der Waals surface area contributed by atoms with Gasteiger partial charge in [0.15, 0.2) is 0 Å². The Bertz CT molecular complexity index is 764. The summed E-state index contributed by atoms with van der Waals surface area (Å²) in [6.07, 6.45) is 5.98. The van der Waals surface area contributed by atoms with Gasteiger partial charge in [-0.05, 0) is 56.1 Å². The lowest BCUT2D eigenvalue weighted by Gasteiger charge is -2.32. The first-order valence-electron chi connectivity index (χ1n) is 11.0. The predicted octanol–water partition coefficient (Wildman–Crippen LogP) is 3.69. The summed E-state index contributed by atoms with van der Waals surface area (Å²) in [6.45, 7) is 10.9. The Morgan fingerprint density at radius 2 is 1.93 bits per heavy atom. The Labute approximate surface area is 181 Å². The third kappa shape index (κ3) is 5.59. The number of carbonyl (C=O) groups excluding carboxylic acids is 1. The second kappa shape index (κ2) is 9.90. The van der Waals surface area contributed by atoms with Gasteiger partial charge in [0.2, 0.25) is 5.91 Å². The predicted molar refractivity (Wildman–Crippen MR) is 127 cm³/mol. The second-order valence-corrected chi connectivity index (χ2v) is 15.2. The van der Waals surface area contributed by atoms with E-state index < -0.39 is 8.07 Å². The lowest BCUT2D eigenvalue weighted by atomic mass is 9.78. The van der Waals surface area contributed by atoms with Gasteiger partial charge in [-0.1, -0.05) is 31.8 Å². The number of nitrogens with zero attached hydrogens (tertiary/aromatic N) is 1. The Balaban J connectivity index is 1.56. The molecule has 2 aliphatic rings. The summed E-state index contributed by atoms with van der Waals surface area (Å²) in [4.78, 5) is 15.0. The first-order valence-corrected chi connectivity index (χ1v) is 14.7. The smallest absolute Gasteiger partial charge is 0.233 e. The molecule has 0 unspecified atom stereocenters. The molecular weight excluding hydrogens is 392 g/mol. The van der Waals surface area contributed by atoms with Crippen molar-refractivity contribution in [3.63, 3.8) is 0 Å². The minimum Gasteiger partial charge on any atom is -0.368 e. The summed E-state index contributed by atoms with van der Waals surface area (Å²) in [5.41, 5.74) is 2.53. The lowest BCUT2D eigenvalue weighted by molar-refractivity contribution is -0.126. The number of anilines is 1. The highest BCUT2D eigenvalue weighted by Crippen LogP contribution is 2.41. The van der Waals surface area contributed by atoms with Crippen molar-refractivity contribution in [2.45, 2.75) is 44.9 Å². The minimum atomic E-state index is -1.07. The molecule has 0 saturated carbocycles. The van der Waals surface area contributed by atoms with E-state index in [2.05, 4.69) is 30.3 Å². The molecule has 1 aromatic rings. The average molecular weight is 429 g/mol. The zero-order chi connectivity index (χ0) is 21.6. The number of benzene rings is 1. The normalized spacial score (nSPS) is 19.4. The van der Waals surface area contributed by atoms with Crippen LogP contribution >= 0.6 is 0 Å². The fraction of sp³-hybridized carbons (Fsp3) is 0.565. The quantitative estimate of drug-likeness (QED) is 0.243. The Morgan fingerprint density at radius 3 is 2.57 bits per heavy atom. The van der Waals surface area contributed by atoms with E-state index >= 15 is 0 Å². The largest absolute Gasteiger partial charge is 0.368 e. The van der Waals surface area contributed by atoms with Gasteiger partial charge in [0, 0.05) is 44.9 Å². The first-order chi connectivity index (χ1) is 14.3. The molecule has 2 aliphatic heterocycles. The van der Waals surface area contributed by atoms with Gasteiger partial charge in [-0.3, -0.25) is 4.79 Å². The van der Waals surface area contributed by atoms with E-state index in [1.54, 1.807) is 0 Å². The van der Waals surface area contributed by atoms with Crippen LogP contribution in [0.1, 0.15) is 24.8 Å². The molecule has 0 aliphatic carbocycles. The monoisotopic (exact) mass is 428 g/mol. The fourth-order valence-corrected chi connectivity index (χ4v) is 4.90. The maximum atomic E-state index is 13.1. The zero-order valence-corrected chi connectivity index (χ0v) is 19.6. The molecule has 0 radical (unpaired) electrons. The van der Waals surface area contributed by atoms with Crippen molar-refractivity contribution < 1.29 is 9.53 Å². The minimum absolute atomic E-state index is 0.163. The number of hydrogen-bond donors (Lipinski definition) is 3. The standard InChI is InChI=1S/C23H36N4O2Si/c1-30(2,3)15-14-29-18-26-17-20(16-24)19-4-6-21(7-5-19)27-13-10-23(22(27)28)8-11-25-12-9-23/h4-7,16-17,24-26H,8-15,18H2,1-3H3/b20-17+,24-16?. The SMILES string of the molecule is C[Si](C)(C)CCOCN/C=C(\C=N)c1ccc(N2CCC3(CCNCC3)C2=O)cc1. The highest BCUT2D eigenvalue weighted by molar-refractivity contribution is 6.76. The third-order valence-corrected chi connectivity index (χ3v) is 7.88. The molecule has 3 N–H and O–H groups in total. The van der Waals surface area contributed by atoms with Gasteiger partial charge < -0.3 is 25.7 Å². The van der Waals surface area contributed by atoms with Gasteiger partial charge in [0.1, 0.15) is 6.73 Å². The number of ether oxygens (including phenoxy) is 1. The van der Waals surface area contributed by atoms with E-state index in [0.717, 1.165) is 68.4 Å². The molecule has 1 aromatic carbocycles. The third-order valence-electron chi connectivity index (χ3n) is 6.18. The Morgan fingerprint density at radius 1 is 1.23 bits per heavy atom. The number of allylic oxidation sites excluding steroid dienone is 1. The molecule has 7 heteroatoms. The van der Waals surface area contributed by atoms with Gasteiger partial charge in [0.05, 0.1) is 5.41 Å². The number of carbonyl (C=O) groups is 1. The van der Waals surface area contributed by atoms with Crippen LogP contribution in [-0.2, 0) is 9.53 Å². The molecule has 30 heavy (non-hydrogen) atoms. The lowest BCUT2D eigenvalue weighted by Crippen LogP contribution is -2.42. The van der Waals surface area contributed by atoms with Crippen molar-refractivity contribution in [3.05, 3.63) is 36.0 Å². The van der Waals surface area contributed by atoms with E-state index in [1.807, 2.05) is 35.4 Å². The van der Waals surface area contributed by atoms with E-state index in [-0.39, 0.29) is 11.3 Å². The fourth-order valence-electron chi connectivity index (χ4n) is 4.14. The molecule has 0 atom stereocenters. The van der Waals surface area contributed by atoms with Crippen molar-refractivity contribution in [1.82, 2.24) is 10.6 Å². The molecule has 0 aromatic heterocycles. The first kappa shape index (κ1) is 22.7. The Hall–Kier alpha value is -1.96. The van der Waals surface area contributed by atoms with Crippen molar-refractivity contribution in [2.75, 3.05) is 37.9 Å². The Kier molecular flexibility index (Phi) is 7.49. The molecule has 3 rings (SSSR count). The molecule has 2 saturated heterocycles. The number of amides is 1. The van der Waals surface area contributed by atoms with Crippen LogP contribution in [0.25, 0.3) is 5.57 Å². The highest BCUT2D eigenvalue weighted by Gasteiger charge is 2.47. The highest BCUT2D eigenvalue weighted by atomic mass is 28.3. The van der Waals surface area contributed by atoms with Gasteiger partial charge >= 0.3 is 0 Å². The van der Waals surface area contributed by atoms with Gasteiger partial charge in [0.25, 0.3) is 0 Å². The summed E-state index contributed by atoms with van der Waals surface area (Å²) in [7, 11) is -1.07. The molecule has 2 fully saturated rings. The van der Waals surface area contributed by atoms with Gasteiger partial charge in [-0.15, -0.1) is 0 Å². The van der Waals surface area contributed by atoms with Crippen LogP contribution in [0.15, 0.2) is 30.5 Å². The summed E-state index contributed by atoms with van der Waals surface area (Å²) in [5, 5.41) is 14.2. The maximum Gasteiger partial charge on any atom is 0.233 e. The topological polar surface area (TPSA) is 77.5 Å². The molecule has 1 spiro atoms. The molecular formula is C23H36N4O2Si. The van der Waals surface area contributed by atoms with E-state index in [9.17, 15) is 4.79 Å². The van der Waals surface area contributed by atoms with E-state index in [1.165, 1.54) is 6.21 Å². The molecule has 2 heterocycles. The summed E-state index contributed by atoms with van der Waals surface area (Å²) in [5.74, 6) is 0.275. The average Bonchev–Trinajstić information content (AvgIpc) is 3.03. The van der Waals surface area contributed by atoms with Crippen LogP contribution in [0.4, 0.5) is 5.69 Å². The second-order valence-electron chi connectivity index (χ2n) is 9.60.